The van der Waals surface area contributed by atoms with E-state index in [0.29, 0.717) is 5.82 Å². The highest BCUT2D eigenvalue weighted by Crippen LogP contribution is 2.34. The second kappa shape index (κ2) is 4.55. The maximum Gasteiger partial charge on any atom is 0.164 e. The number of aryl methyl sites for hydroxylation is 1. The molecule has 0 radical (unpaired) electrons. The molecule has 0 spiro atoms. The summed E-state index contributed by atoms with van der Waals surface area (Å²) in [6, 6.07) is 8.14. The summed E-state index contributed by atoms with van der Waals surface area (Å²) in [6.45, 7) is 8.36. The second-order valence-electron chi connectivity index (χ2n) is 6.20. The molecule has 0 saturated heterocycles. The smallest absolute Gasteiger partial charge is 0.164 e. The minimum absolute atomic E-state index is 0.181. The summed E-state index contributed by atoms with van der Waals surface area (Å²) in [7, 11) is 0. The van der Waals surface area contributed by atoms with E-state index >= 15 is 0 Å². The Bertz CT molecular complexity index is 811. The number of hydrogen-bond acceptors (Lipinski definition) is 4. The van der Waals surface area contributed by atoms with Crippen LogP contribution >= 0.6 is 0 Å². The van der Waals surface area contributed by atoms with Crippen LogP contribution in [0, 0.1) is 6.92 Å². The molecule has 0 unspecified atom stereocenters. The van der Waals surface area contributed by atoms with Crippen molar-refractivity contribution in [3.8, 4) is 11.3 Å². The topological polar surface area (TPSA) is 69.6 Å². The first kappa shape index (κ1) is 13.5. The number of nitrogens with zero attached hydrogens (tertiary/aromatic N) is 4. The molecule has 0 aliphatic heterocycles. The third kappa shape index (κ3) is 2.14. The lowest BCUT2D eigenvalue weighted by Gasteiger charge is -2.19. The number of aromatic nitrogens is 4. The Morgan fingerprint density at radius 2 is 1.81 bits per heavy atom. The highest BCUT2D eigenvalue weighted by molar-refractivity contribution is 5.98. The van der Waals surface area contributed by atoms with Crippen molar-refractivity contribution in [3.05, 3.63) is 36.2 Å². The molecule has 21 heavy (non-hydrogen) atoms. The van der Waals surface area contributed by atoms with Gasteiger partial charge in [0, 0.05) is 5.56 Å². The number of benzene rings is 1. The molecule has 0 saturated carbocycles. The molecule has 2 N–H and O–H groups in total. The molecule has 0 atom stereocenters. The summed E-state index contributed by atoms with van der Waals surface area (Å²) in [5, 5.41) is 5.61. The van der Waals surface area contributed by atoms with Crippen molar-refractivity contribution < 1.29 is 0 Å². The summed E-state index contributed by atoms with van der Waals surface area (Å²) in [6.07, 6.45) is 1.49. The van der Waals surface area contributed by atoms with Gasteiger partial charge in [0.15, 0.2) is 5.65 Å². The van der Waals surface area contributed by atoms with Gasteiger partial charge in [-0.25, -0.2) is 14.6 Å². The maximum absolute atomic E-state index is 6.10. The highest BCUT2D eigenvalue weighted by atomic mass is 15.3. The summed E-state index contributed by atoms with van der Waals surface area (Å²) in [5.74, 6) is 0.466. The van der Waals surface area contributed by atoms with Crippen molar-refractivity contribution in [2.75, 3.05) is 5.73 Å². The lowest BCUT2D eigenvalue weighted by molar-refractivity contribution is 0.366. The molecule has 108 valence electrons. The second-order valence-corrected chi connectivity index (χ2v) is 6.20. The summed E-state index contributed by atoms with van der Waals surface area (Å²) >= 11 is 0. The summed E-state index contributed by atoms with van der Waals surface area (Å²) in [4.78, 5) is 8.53. The van der Waals surface area contributed by atoms with Crippen LogP contribution in [0.1, 0.15) is 26.3 Å². The minimum Gasteiger partial charge on any atom is -0.383 e. The van der Waals surface area contributed by atoms with Crippen molar-refractivity contribution in [3.63, 3.8) is 0 Å². The van der Waals surface area contributed by atoms with Gasteiger partial charge in [0.2, 0.25) is 0 Å². The van der Waals surface area contributed by atoms with Gasteiger partial charge in [-0.15, -0.1) is 0 Å². The van der Waals surface area contributed by atoms with Crippen molar-refractivity contribution in [1.29, 1.82) is 0 Å². The van der Waals surface area contributed by atoms with Crippen LogP contribution in [0.2, 0.25) is 0 Å². The molecule has 2 aromatic heterocycles. The van der Waals surface area contributed by atoms with Crippen LogP contribution in [0.4, 0.5) is 5.82 Å². The average molecular weight is 281 g/mol. The first-order valence-corrected chi connectivity index (χ1v) is 6.95. The maximum atomic E-state index is 6.10. The fraction of sp³-hybridized carbons (Fsp3) is 0.312. The molecule has 0 aliphatic rings. The number of anilines is 1. The van der Waals surface area contributed by atoms with E-state index in [4.69, 9.17) is 10.8 Å². The van der Waals surface area contributed by atoms with E-state index < -0.39 is 0 Å². The zero-order valence-electron chi connectivity index (χ0n) is 12.8. The quantitative estimate of drug-likeness (QED) is 0.744. The van der Waals surface area contributed by atoms with Crippen LogP contribution in [0.3, 0.4) is 0 Å². The van der Waals surface area contributed by atoms with Gasteiger partial charge in [-0.2, -0.15) is 5.10 Å². The molecular formula is C16H19N5. The largest absolute Gasteiger partial charge is 0.383 e. The van der Waals surface area contributed by atoms with E-state index in [1.165, 1.54) is 6.33 Å². The Morgan fingerprint density at radius 1 is 1.10 bits per heavy atom. The molecule has 0 amide bonds. The molecule has 5 heteroatoms. The SMILES string of the molecule is Cc1ccccc1-c1nn(C(C)(C)C)c2ncnc(N)c12. The Balaban J connectivity index is 2.42. The first-order chi connectivity index (χ1) is 9.89. The lowest BCUT2D eigenvalue weighted by Crippen LogP contribution is -2.23. The lowest BCUT2D eigenvalue weighted by atomic mass is 10.0. The third-order valence-corrected chi connectivity index (χ3v) is 3.53. The van der Waals surface area contributed by atoms with Gasteiger partial charge in [0.05, 0.1) is 10.9 Å². The van der Waals surface area contributed by atoms with Gasteiger partial charge in [0.1, 0.15) is 17.8 Å². The normalized spacial score (nSPS) is 12.0. The number of nitrogen functional groups attached to an aromatic ring is 1. The van der Waals surface area contributed by atoms with Crippen molar-refractivity contribution in [2.45, 2.75) is 33.2 Å². The van der Waals surface area contributed by atoms with Gasteiger partial charge < -0.3 is 5.73 Å². The first-order valence-electron chi connectivity index (χ1n) is 6.95. The van der Waals surface area contributed by atoms with E-state index in [0.717, 1.165) is 27.9 Å². The van der Waals surface area contributed by atoms with Crippen molar-refractivity contribution in [1.82, 2.24) is 19.7 Å². The number of rotatable bonds is 1. The van der Waals surface area contributed by atoms with Gasteiger partial charge >= 0.3 is 0 Å². The Hall–Kier alpha value is -2.43. The zero-order chi connectivity index (χ0) is 15.2. The molecule has 1 aromatic carbocycles. The molecule has 0 bridgehead atoms. The van der Waals surface area contributed by atoms with Crippen LogP contribution < -0.4 is 5.73 Å². The van der Waals surface area contributed by atoms with Gasteiger partial charge in [-0.1, -0.05) is 24.3 Å². The predicted octanol–water partition coefficient (Wildman–Crippen LogP) is 3.14. The Labute approximate surface area is 123 Å². The van der Waals surface area contributed by atoms with Crippen LogP contribution in [-0.4, -0.2) is 19.7 Å². The number of nitrogens with two attached hydrogens (primary N) is 1. The zero-order valence-corrected chi connectivity index (χ0v) is 12.8. The summed E-state index contributed by atoms with van der Waals surface area (Å²) < 4.78 is 1.92. The third-order valence-electron chi connectivity index (χ3n) is 3.53. The van der Waals surface area contributed by atoms with Crippen LogP contribution in [0.25, 0.3) is 22.3 Å². The molecule has 3 rings (SSSR count). The number of hydrogen-bond donors (Lipinski definition) is 1. The van der Waals surface area contributed by atoms with E-state index in [1.54, 1.807) is 0 Å². The standard InChI is InChI=1S/C16H19N5/c1-10-7-5-6-8-11(10)13-12-14(17)18-9-19-15(12)21(20-13)16(2,3)4/h5-9H,1-4H3,(H2,17,18,19). The molecule has 5 nitrogen and oxygen atoms in total. The van der Waals surface area contributed by atoms with Gasteiger partial charge in [-0.3, -0.25) is 0 Å². The van der Waals surface area contributed by atoms with E-state index in [1.807, 2.05) is 16.8 Å². The van der Waals surface area contributed by atoms with E-state index in [-0.39, 0.29) is 5.54 Å². The van der Waals surface area contributed by atoms with Crippen molar-refractivity contribution in [2.24, 2.45) is 0 Å². The number of fused-ring (bicyclic) bond motifs is 1. The van der Waals surface area contributed by atoms with Gasteiger partial charge in [0.25, 0.3) is 0 Å². The van der Waals surface area contributed by atoms with Crippen LogP contribution in [-0.2, 0) is 5.54 Å². The summed E-state index contributed by atoms with van der Waals surface area (Å²) in [5.41, 5.74) is 9.75. The molecule has 3 aromatic rings. The van der Waals surface area contributed by atoms with Crippen LogP contribution in [0.5, 0.6) is 0 Å². The van der Waals surface area contributed by atoms with E-state index in [2.05, 4.69) is 49.8 Å². The van der Waals surface area contributed by atoms with Crippen LogP contribution in [0.15, 0.2) is 30.6 Å². The van der Waals surface area contributed by atoms with Gasteiger partial charge in [-0.05, 0) is 33.3 Å². The monoisotopic (exact) mass is 281 g/mol. The Kier molecular flexibility index (Phi) is 2.93. The fourth-order valence-electron chi connectivity index (χ4n) is 2.47. The molecule has 0 fully saturated rings. The van der Waals surface area contributed by atoms with Crippen molar-refractivity contribution >= 4 is 16.9 Å². The molecule has 0 aliphatic carbocycles. The highest BCUT2D eigenvalue weighted by Gasteiger charge is 2.24. The Morgan fingerprint density at radius 3 is 2.48 bits per heavy atom. The van der Waals surface area contributed by atoms with E-state index in [9.17, 15) is 0 Å². The average Bonchev–Trinajstić information content (AvgIpc) is 2.80. The minimum atomic E-state index is -0.181. The fourth-order valence-corrected chi connectivity index (χ4v) is 2.47. The predicted molar refractivity (Wildman–Crippen MR) is 84.9 cm³/mol. The molecular weight excluding hydrogens is 262 g/mol. The molecule has 2 heterocycles.